The van der Waals surface area contributed by atoms with Gasteiger partial charge in [-0.2, -0.15) is 0 Å². The summed E-state index contributed by atoms with van der Waals surface area (Å²) < 4.78 is 43.9. The van der Waals surface area contributed by atoms with Crippen molar-refractivity contribution >= 4 is 29.0 Å². The van der Waals surface area contributed by atoms with Crippen molar-refractivity contribution in [2.45, 2.75) is 17.3 Å². The summed E-state index contributed by atoms with van der Waals surface area (Å²) in [4.78, 5) is 19.4. The number of pyridine rings is 1. The molecule has 13 heteroatoms. The summed E-state index contributed by atoms with van der Waals surface area (Å²) in [5, 5.41) is 7.76. The van der Waals surface area contributed by atoms with Gasteiger partial charge in [-0.05, 0) is 24.3 Å². The van der Waals surface area contributed by atoms with Crippen LogP contribution in [0.3, 0.4) is 0 Å². The molecule has 1 unspecified atom stereocenters. The van der Waals surface area contributed by atoms with Crippen molar-refractivity contribution in [3.8, 4) is 16.3 Å². The standard InChI is InChI=1S/C17H19N4O6PS2/c22-28(23,24)13-18-30(25,26)17-20-19-16(29-17)14-5-7-15(8-6-14)27-12-4-11-21-9-2-1-3-10-21/h1-3,5-10,18H,4,11-13H2,(H-,22,23,24). The van der Waals surface area contributed by atoms with Gasteiger partial charge in [-0.25, -0.2) is 17.7 Å². The molecule has 3 rings (SSSR count). The Labute approximate surface area is 177 Å². The van der Waals surface area contributed by atoms with E-state index in [1.165, 1.54) is 0 Å². The third kappa shape index (κ3) is 6.66. The molecular formula is C17H19N4O6PS2. The minimum Gasteiger partial charge on any atom is -0.778 e. The Morgan fingerprint density at radius 3 is 2.53 bits per heavy atom. The minimum absolute atomic E-state index is 0.344. The first kappa shape index (κ1) is 22.5. The van der Waals surface area contributed by atoms with Crippen molar-refractivity contribution in [2.75, 3.05) is 12.9 Å². The van der Waals surface area contributed by atoms with Crippen molar-refractivity contribution < 1.29 is 32.1 Å². The molecule has 0 aliphatic heterocycles. The summed E-state index contributed by atoms with van der Waals surface area (Å²) in [5.74, 6) is 0.671. The van der Waals surface area contributed by atoms with Gasteiger partial charge in [-0.1, -0.05) is 17.4 Å². The van der Waals surface area contributed by atoms with Crippen LogP contribution >= 0.6 is 18.9 Å². The fraction of sp³-hybridized carbons (Fsp3) is 0.235. The van der Waals surface area contributed by atoms with Gasteiger partial charge in [-0.15, -0.1) is 10.2 Å². The van der Waals surface area contributed by atoms with E-state index in [2.05, 4.69) is 14.8 Å². The second kappa shape index (κ2) is 9.73. The average Bonchev–Trinajstić information content (AvgIpc) is 3.22. The molecule has 30 heavy (non-hydrogen) atoms. The van der Waals surface area contributed by atoms with Crippen molar-refractivity contribution in [2.24, 2.45) is 0 Å². The predicted molar refractivity (Wildman–Crippen MR) is 107 cm³/mol. The second-order valence-electron chi connectivity index (χ2n) is 6.16. The van der Waals surface area contributed by atoms with Gasteiger partial charge in [0.05, 0.1) is 12.9 Å². The van der Waals surface area contributed by atoms with E-state index < -0.39 is 28.2 Å². The Bertz CT molecular complexity index is 1120. The highest BCUT2D eigenvalue weighted by Gasteiger charge is 2.22. The van der Waals surface area contributed by atoms with Crippen LogP contribution in [-0.4, -0.2) is 36.4 Å². The van der Waals surface area contributed by atoms with E-state index in [4.69, 9.17) is 9.63 Å². The van der Waals surface area contributed by atoms with Crippen LogP contribution in [0.2, 0.25) is 0 Å². The maximum atomic E-state index is 12.0. The van der Waals surface area contributed by atoms with Crippen LogP contribution in [0.5, 0.6) is 5.75 Å². The van der Waals surface area contributed by atoms with Crippen LogP contribution in [0.4, 0.5) is 0 Å². The normalized spacial score (nSPS) is 13.7. The highest BCUT2D eigenvalue weighted by Crippen LogP contribution is 2.30. The molecule has 10 nitrogen and oxygen atoms in total. The van der Waals surface area contributed by atoms with Gasteiger partial charge in [0.2, 0.25) is 4.34 Å². The van der Waals surface area contributed by atoms with E-state index in [-0.39, 0.29) is 0 Å². The molecule has 0 saturated heterocycles. The molecule has 160 valence electrons. The molecule has 0 saturated carbocycles. The maximum Gasteiger partial charge on any atom is 0.270 e. The molecule has 1 atom stereocenters. The van der Waals surface area contributed by atoms with Crippen LogP contribution < -0.4 is 18.9 Å². The molecule has 0 bridgehead atoms. The quantitative estimate of drug-likeness (QED) is 0.251. The van der Waals surface area contributed by atoms with E-state index >= 15 is 0 Å². The van der Waals surface area contributed by atoms with Crippen LogP contribution in [0.25, 0.3) is 10.6 Å². The van der Waals surface area contributed by atoms with Crippen LogP contribution in [0, 0.1) is 0 Å². The molecule has 1 aromatic carbocycles. The number of aromatic nitrogens is 3. The number of nitrogens with zero attached hydrogens (tertiary/aromatic N) is 3. The van der Waals surface area contributed by atoms with E-state index in [0.29, 0.717) is 22.9 Å². The number of aryl methyl sites for hydroxylation is 1. The smallest absolute Gasteiger partial charge is 0.270 e. The molecule has 0 aliphatic carbocycles. The summed E-state index contributed by atoms with van der Waals surface area (Å²) in [6, 6.07) is 12.8. The number of hydrogen-bond donors (Lipinski definition) is 2. The Kier molecular flexibility index (Phi) is 7.29. The topological polar surface area (TPSA) is 145 Å². The molecule has 2 heterocycles. The van der Waals surface area contributed by atoms with Gasteiger partial charge in [0.1, 0.15) is 18.4 Å². The summed E-state index contributed by atoms with van der Waals surface area (Å²) in [6.45, 7) is 1.38. The maximum absolute atomic E-state index is 12.0. The van der Waals surface area contributed by atoms with Crippen LogP contribution in [-0.2, 0) is 21.1 Å². The van der Waals surface area contributed by atoms with Crippen molar-refractivity contribution in [1.29, 1.82) is 0 Å². The van der Waals surface area contributed by atoms with Gasteiger partial charge in [0.15, 0.2) is 18.9 Å². The minimum atomic E-state index is -4.77. The van der Waals surface area contributed by atoms with Crippen LogP contribution in [0.1, 0.15) is 6.42 Å². The van der Waals surface area contributed by atoms with E-state index in [9.17, 15) is 17.9 Å². The monoisotopic (exact) mass is 470 g/mol. The Balaban J connectivity index is 1.55. The first-order chi connectivity index (χ1) is 14.2. The molecule has 0 fully saturated rings. The van der Waals surface area contributed by atoms with Crippen molar-refractivity contribution in [3.63, 3.8) is 0 Å². The highest BCUT2D eigenvalue weighted by molar-refractivity contribution is 7.91. The number of rotatable bonds is 10. The number of sulfonamides is 1. The lowest BCUT2D eigenvalue weighted by atomic mass is 10.2. The molecule has 0 amide bonds. The Morgan fingerprint density at radius 2 is 1.87 bits per heavy atom. The molecule has 2 N–H and O–H groups in total. The zero-order valence-corrected chi connectivity index (χ0v) is 18.1. The molecular weight excluding hydrogens is 451 g/mol. The van der Waals surface area contributed by atoms with Gasteiger partial charge in [-0.3, -0.25) is 0 Å². The zero-order valence-electron chi connectivity index (χ0n) is 15.6. The lowest BCUT2D eigenvalue weighted by Crippen LogP contribution is -2.33. The second-order valence-corrected chi connectivity index (χ2v) is 10.7. The van der Waals surface area contributed by atoms with E-state index in [1.807, 2.05) is 30.6 Å². The lowest BCUT2D eigenvalue weighted by Gasteiger charge is -2.14. The fourth-order valence-corrected chi connectivity index (χ4v) is 5.42. The molecule has 0 aliphatic rings. The molecule has 3 aromatic rings. The largest absolute Gasteiger partial charge is 0.778 e. The first-order valence-electron chi connectivity index (χ1n) is 8.76. The van der Waals surface area contributed by atoms with E-state index in [0.717, 1.165) is 24.3 Å². The van der Waals surface area contributed by atoms with Gasteiger partial charge >= 0.3 is 0 Å². The van der Waals surface area contributed by atoms with Gasteiger partial charge in [0.25, 0.3) is 10.0 Å². The first-order valence-corrected chi connectivity index (χ1v) is 12.8. The van der Waals surface area contributed by atoms with Crippen LogP contribution in [0.15, 0.2) is 59.2 Å². The Hall–Kier alpha value is -2.21. The number of hydrogen-bond acceptors (Lipinski definition) is 8. The lowest BCUT2D eigenvalue weighted by molar-refractivity contribution is -0.697. The average molecular weight is 470 g/mol. The summed E-state index contributed by atoms with van der Waals surface area (Å²) >= 11 is 0.779. The summed E-state index contributed by atoms with van der Waals surface area (Å²) in [7, 11) is -8.96. The number of nitrogens with one attached hydrogen (secondary N) is 1. The number of ether oxygens (including phenoxy) is 1. The van der Waals surface area contributed by atoms with Crippen molar-refractivity contribution in [1.82, 2.24) is 14.9 Å². The van der Waals surface area contributed by atoms with Crippen molar-refractivity contribution in [3.05, 3.63) is 54.9 Å². The zero-order chi connectivity index (χ0) is 21.6. The molecule has 2 aromatic heterocycles. The van der Waals surface area contributed by atoms with Gasteiger partial charge < -0.3 is 19.1 Å². The highest BCUT2D eigenvalue weighted by atomic mass is 32.2. The Morgan fingerprint density at radius 1 is 1.17 bits per heavy atom. The fourth-order valence-electron chi connectivity index (χ4n) is 2.38. The summed E-state index contributed by atoms with van der Waals surface area (Å²) in [6.07, 6.45) is 3.71. The van der Waals surface area contributed by atoms with E-state index in [1.54, 1.807) is 29.0 Å². The van der Waals surface area contributed by atoms with Gasteiger partial charge in [0, 0.05) is 24.1 Å². The third-order valence-corrected chi connectivity index (χ3v) is 7.31. The SMILES string of the molecule is O=P([O-])(O)CNS(=O)(=O)c1nnc(-c2ccc(OCCC[n+]3ccccc3)cc2)s1. The number of benzene rings is 1. The molecule has 0 radical (unpaired) electrons. The summed E-state index contributed by atoms with van der Waals surface area (Å²) in [5.41, 5.74) is 0.637. The third-order valence-electron chi connectivity index (χ3n) is 3.80. The molecule has 0 spiro atoms. The predicted octanol–water partition coefficient (Wildman–Crippen LogP) is 0.743.